The molecule has 0 saturated heterocycles. The Labute approximate surface area is 232 Å². The van der Waals surface area contributed by atoms with Crippen LogP contribution in [0.4, 0.5) is 21.5 Å². The third kappa shape index (κ3) is 6.77. The molecule has 0 bridgehead atoms. The van der Waals surface area contributed by atoms with Crippen molar-refractivity contribution in [1.29, 1.82) is 0 Å². The molecular weight excluding hydrogens is 557 g/mol. The summed E-state index contributed by atoms with van der Waals surface area (Å²) >= 11 is 0. The second-order valence-corrected chi connectivity index (χ2v) is 12.3. The van der Waals surface area contributed by atoms with E-state index in [1.807, 2.05) is 6.92 Å². The van der Waals surface area contributed by atoms with Crippen LogP contribution in [0.15, 0.2) is 107 Å². The van der Waals surface area contributed by atoms with Gasteiger partial charge in [-0.1, -0.05) is 17.7 Å². The van der Waals surface area contributed by atoms with Gasteiger partial charge in [0.1, 0.15) is 18.1 Å². The van der Waals surface area contributed by atoms with Crippen molar-refractivity contribution in [2.45, 2.75) is 16.7 Å². The molecule has 0 aliphatic carbocycles. The maximum absolute atomic E-state index is 13.4. The number of carbonyl (C=O) groups is 1. The Kier molecular flexibility index (Phi) is 8.40. The number of benzene rings is 4. The zero-order valence-electron chi connectivity index (χ0n) is 21.5. The molecule has 0 aliphatic rings. The fraction of sp³-hybridized carbons (Fsp3) is 0.107. The Morgan fingerprint density at radius 1 is 0.775 bits per heavy atom. The molecule has 0 spiro atoms. The minimum absolute atomic E-state index is 0.0403. The SMILES string of the molecule is COc1ccc(NS(=O)(=O)c2ccc(NC(=O)CN(c3ccc(C)cc3)S(=O)(=O)c3ccc(F)cc3)cc2)cc1. The number of amides is 1. The first-order valence-corrected chi connectivity index (χ1v) is 14.8. The topological polar surface area (TPSA) is 122 Å². The summed E-state index contributed by atoms with van der Waals surface area (Å²) in [4.78, 5) is 12.7. The highest BCUT2D eigenvalue weighted by Crippen LogP contribution is 2.25. The van der Waals surface area contributed by atoms with E-state index in [9.17, 15) is 26.0 Å². The quantitative estimate of drug-likeness (QED) is 0.277. The highest BCUT2D eigenvalue weighted by molar-refractivity contribution is 7.93. The van der Waals surface area contributed by atoms with Crippen molar-refractivity contribution in [2.24, 2.45) is 0 Å². The fourth-order valence-electron chi connectivity index (χ4n) is 3.68. The van der Waals surface area contributed by atoms with Gasteiger partial charge in [-0.3, -0.25) is 13.8 Å². The van der Waals surface area contributed by atoms with Gasteiger partial charge in [0, 0.05) is 11.4 Å². The number of nitrogens with zero attached hydrogens (tertiary/aromatic N) is 1. The van der Waals surface area contributed by atoms with Crippen LogP contribution < -0.4 is 19.1 Å². The van der Waals surface area contributed by atoms with Crippen molar-refractivity contribution in [3.8, 4) is 5.75 Å². The molecule has 12 heteroatoms. The fourth-order valence-corrected chi connectivity index (χ4v) is 6.16. The van der Waals surface area contributed by atoms with E-state index in [1.165, 1.54) is 31.4 Å². The summed E-state index contributed by atoms with van der Waals surface area (Å²) in [7, 11) is -6.62. The van der Waals surface area contributed by atoms with E-state index < -0.39 is 38.3 Å². The first kappa shape index (κ1) is 28.6. The summed E-state index contributed by atoms with van der Waals surface area (Å²) in [6.07, 6.45) is 0. The van der Waals surface area contributed by atoms with Crippen molar-refractivity contribution in [1.82, 2.24) is 0 Å². The summed E-state index contributed by atoms with van der Waals surface area (Å²) in [5.74, 6) is -0.684. The van der Waals surface area contributed by atoms with Crippen molar-refractivity contribution in [2.75, 3.05) is 28.0 Å². The van der Waals surface area contributed by atoms with Crippen LogP contribution in [0.25, 0.3) is 0 Å². The highest BCUT2D eigenvalue weighted by atomic mass is 32.2. The lowest BCUT2D eigenvalue weighted by Crippen LogP contribution is -2.38. The number of nitrogens with one attached hydrogen (secondary N) is 2. The molecule has 0 unspecified atom stereocenters. The van der Waals surface area contributed by atoms with Crippen LogP contribution in [0.1, 0.15) is 5.56 Å². The van der Waals surface area contributed by atoms with Gasteiger partial charge in [-0.15, -0.1) is 0 Å². The van der Waals surface area contributed by atoms with E-state index in [-0.39, 0.29) is 21.2 Å². The van der Waals surface area contributed by atoms with Crippen molar-refractivity contribution < 1.29 is 30.8 Å². The van der Waals surface area contributed by atoms with Gasteiger partial charge >= 0.3 is 0 Å². The second-order valence-electron chi connectivity index (χ2n) is 8.71. The van der Waals surface area contributed by atoms with Gasteiger partial charge in [0.2, 0.25) is 5.91 Å². The maximum atomic E-state index is 13.4. The number of ether oxygens (including phenoxy) is 1. The summed E-state index contributed by atoms with van der Waals surface area (Å²) in [6, 6.07) is 22.6. The van der Waals surface area contributed by atoms with E-state index in [2.05, 4.69) is 10.0 Å². The molecular formula is C28H26FN3O6S2. The molecule has 40 heavy (non-hydrogen) atoms. The van der Waals surface area contributed by atoms with E-state index in [4.69, 9.17) is 4.74 Å². The number of halogens is 1. The van der Waals surface area contributed by atoms with Gasteiger partial charge in [0.25, 0.3) is 20.0 Å². The average Bonchev–Trinajstić information content (AvgIpc) is 2.93. The zero-order chi connectivity index (χ0) is 28.9. The lowest BCUT2D eigenvalue weighted by molar-refractivity contribution is -0.114. The number of aryl methyl sites for hydroxylation is 1. The van der Waals surface area contributed by atoms with Crippen LogP contribution in [0.2, 0.25) is 0 Å². The number of methoxy groups -OCH3 is 1. The molecule has 0 radical (unpaired) electrons. The molecule has 4 rings (SSSR count). The second kappa shape index (κ2) is 11.8. The molecule has 0 fully saturated rings. The average molecular weight is 584 g/mol. The maximum Gasteiger partial charge on any atom is 0.264 e. The smallest absolute Gasteiger partial charge is 0.264 e. The summed E-state index contributed by atoms with van der Waals surface area (Å²) in [5, 5.41) is 2.59. The Hall–Kier alpha value is -4.42. The van der Waals surface area contributed by atoms with Crippen LogP contribution in [0, 0.1) is 12.7 Å². The van der Waals surface area contributed by atoms with Crippen LogP contribution in [0.3, 0.4) is 0 Å². The van der Waals surface area contributed by atoms with Crippen LogP contribution >= 0.6 is 0 Å². The number of anilines is 3. The van der Waals surface area contributed by atoms with E-state index in [0.717, 1.165) is 34.1 Å². The zero-order valence-corrected chi connectivity index (χ0v) is 23.2. The van der Waals surface area contributed by atoms with Gasteiger partial charge in [-0.25, -0.2) is 21.2 Å². The monoisotopic (exact) mass is 583 g/mol. The van der Waals surface area contributed by atoms with Crippen LogP contribution in [-0.4, -0.2) is 36.4 Å². The standard InChI is InChI=1S/C28H26FN3O6S2/c1-20-3-11-24(12-4-20)32(40(36,37)27-15-5-21(29)6-16-27)19-28(33)30-22-9-17-26(18-10-22)39(34,35)31-23-7-13-25(38-2)14-8-23/h3-18,31H,19H2,1-2H3,(H,30,33). The van der Waals surface area contributed by atoms with Crippen molar-refractivity contribution in [3.63, 3.8) is 0 Å². The van der Waals surface area contributed by atoms with Gasteiger partial charge in [0.05, 0.1) is 22.6 Å². The Morgan fingerprint density at radius 3 is 1.90 bits per heavy atom. The van der Waals surface area contributed by atoms with Crippen LogP contribution in [-0.2, 0) is 24.8 Å². The number of carbonyl (C=O) groups excluding carboxylic acids is 1. The highest BCUT2D eigenvalue weighted by Gasteiger charge is 2.27. The normalized spacial score (nSPS) is 11.5. The molecule has 4 aromatic carbocycles. The summed E-state index contributed by atoms with van der Waals surface area (Å²) < 4.78 is 74.2. The van der Waals surface area contributed by atoms with Gasteiger partial charge < -0.3 is 10.1 Å². The minimum atomic E-state index is -4.22. The molecule has 0 saturated carbocycles. The Bertz CT molecular complexity index is 1690. The van der Waals surface area contributed by atoms with Gasteiger partial charge in [-0.2, -0.15) is 0 Å². The first-order chi connectivity index (χ1) is 19.0. The molecule has 0 atom stereocenters. The molecule has 9 nitrogen and oxygen atoms in total. The van der Waals surface area contributed by atoms with Crippen molar-refractivity contribution in [3.05, 3.63) is 108 Å². The molecule has 0 aromatic heterocycles. The molecule has 4 aromatic rings. The number of rotatable bonds is 10. The van der Waals surface area contributed by atoms with E-state index >= 15 is 0 Å². The minimum Gasteiger partial charge on any atom is -0.497 e. The molecule has 1 amide bonds. The van der Waals surface area contributed by atoms with E-state index in [0.29, 0.717) is 11.4 Å². The summed E-state index contributed by atoms with van der Waals surface area (Å²) in [5.41, 5.74) is 1.74. The molecule has 208 valence electrons. The summed E-state index contributed by atoms with van der Waals surface area (Å²) in [6.45, 7) is 1.26. The predicted molar refractivity (Wildman–Crippen MR) is 151 cm³/mol. The number of hydrogen-bond donors (Lipinski definition) is 2. The molecule has 2 N–H and O–H groups in total. The Morgan fingerprint density at radius 2 is 1.32 bits per heavy atom. The first-order valence-electron chi connectivity index (χ1n) is 11.9. The van der Waals surface area contributed by atoms with E-state index in [1.54, 1.807) is 48.5 Å². The van der Waals surface area contributed by atoms with Crippen molar-refractivity contribution >= 4 is 43.0 Å². The lowest BCUT2D eigenvalue weighted by atomic mass is 10.2. The van der Waals surface area contributed by atoms with Crippen LogP contribution in [0.5, 0.6) is 5.75 Å². The molecule has 0 heterocycles. The van der Waals surface area contributed by atoms with Gasteiger partial charge in [0.15, 0.2) is 0 Å². The van der Waals surface area contributed by atoms with Gasteiger partial charge in [-0.05, 0) is 91.9 Å². The predicted octanol–water partition coefficient (Wildman–Crippen LogP) is 4.78. The largest absolute Gasteiger partial charge is 0.497 e. The third-order valence-corrected chi connectivity index (χ3v) is 8.99. The Balaban J connectivity index is 1.51. The molecule has 0 aliphatic heterocycles. The third-order valence-electron chi connectivity index (χ3n) is 5.80. The lowest BCUT2D eigenvalue weighted by Gasteiger charge is -2.24. The number of sulfonamides is 2. The number of hydrogen-bond acceptors (Lipinski definition) is 6.